The number of nitrogens with one attached hydrogen (secondary N) is 1. The maximum atomic E-state index is 12.4. The summed E-state index contributed by atoms with van der Waals surface area (Å²) in [6.07, 6.45) is 1.70. The SMILES string of the molecule is CC(=O)c1ccc(Cl)c(NC(=O)c2ccc3ncccc3c2)c1. The minimum Gasteiger partial charge on any atom is -0.321 e. The molecule has 4 nitrogen and oxygen atoms in total. The van der Waals surface area contributed by atoms with Gasteiger partial charge < -0.3 is 5.32 Å². The van der Waals surface area contributed by atoms with Gasteiger partial charge in [-0.1, -0.05) is 17.7 Å². The monoisotopic (exact) mass is 324 g/mol. The van der Waals surface area contributed by atoms with Crippen molar-refractivity contribution in [3.05, 3.63) is 70.9 Å². The van der Waals surface area contributed by atoms with Gasteiger partial charge in [0.2, 0.25) is 0 Å². The zero-order chi connectivity index (χ0) is 16.4. The number of ketones is 1. The number of carbonyl (C=O) groups is 2. The molecule has 114 valence electrons. The predicted octanol–water partition coefficient (Wildman–Crippen LogP) is 4.34. The lowest BCUT2D eigenvalue weighted by Gasteiger charge is -2.09. The molecule has 3 rings (SSSR count). The summed E-state index contributed by atoms with van der Waals surface area (Å²) in [5, 5.41) is 4.00. The molecule has 1 amide bonds. The standard InChI is InChI=1S/C18H13ClN2O2/c1-11(22)12-4-6-15(19)17(10-12)21-18(23)14-5-7-16-13(9-14)3-2-8-20-16/h2-10H,1H3,(H,21,23). The molecule has 0 radical (unpaired) electrons. The number of carbonyl (C=O) groups excluding carboxylic acids is 2. The number of nitrogens with zero attached hydrogens (tertiary/aromatic N) is 1. The number of pyridine rings is 1. The molecule has 0 aliphatic carbocycles. The third kappa shape index (κ3) is 3.22. The molecule has 0 saturated carbocycles. The van der Waals surface area contributed by atoms with Gasteiger partial charge in [0.1, 0.15) is 0 Å². The van der Waals surface area contributed by atoms with Crippen molar-refractivity contribution >= 4 is 39.9 Å². The third-order valence-electron chi connectivity index (χ3n) is 3.49. The van der Waals surface area contributed by atoms with E-state index in [1.165, 1.54) is 6.92 Å². The Bertz CT molecular complexity index is 922. The van der Waals surface area contributed by atoms with Gasteiger partial charge in [0.05, 0.1) is 16.2 Å². The Morgan fingerprint density at radius 2 is 1.83 bits per heavy atom. The number of rotatable bonds is 3. The zero-order valence-corrected chi connectivity index (χ0v) is 13.1. The van der Waals surface area contributed by atoms with Gasteiger partial charge in [0.25, 0.3) is 5.91 Å². The number of hydrogen-bond acceptors (Lipinski definition) is 3. The van der Waals surface area contributed by atoms with Gasteiger partial charge in [0, 0.05) is 22.7 Å². The van der Waals surface area contributed by atoms with E-state index in [2.05, 4.69) is 10.3 Å². The van der Waals surface area contributed by atoms with Crippen molar-refractivity contribution in [2.24, 2.45) is 0 Å². The van der Waals surface area contributed by atoms with Crippen LogP contribution in [0.3, 0.4) is 0 Å². The second-order valence-electron chi connectivity index (χ2n) is 5.12. The molecule has 0 bridgehead atoms. The third-order valence-corrected chi connectivity index (χ3v) is 3.82. The van der Waals surface area contributed by atoms with E-state index in [1.807, 2.05) is 12.1 Å². The summed E-state index contributed by atoms with van der Waals surface area (Å²) in [5.74, 6) is -0.382. The van der Waals surface area contributed by atoms with Crippen LogP contribution in [0.25, 0.3) is 10.9 Å². The first-order chi connectivity index (χ1) is 11.0. The molecule has 0 unspecified atom stereocenters. The lowest BCUT2D eigenvalue weighted by molar-refractivity contribution is 0.101. The van der Waals surface area contributed by atoms with E-state index in [0.29, 0.717) is 21.8 Å². The van der Waals surface area contributed by atoms with Crippen LogP contribution in [0, 0.1) is 0 Å². The Kier molecular flexibility index (Phi) is 4.08. The summed E-state index contributed by atoms with van der Waals surface area (Å²) in [6.45, 7) is 1.46. The molecule has 0 aliphatic heterocycles. The van der Waals surface area contributed by atoms with Crippen LogP contribution in [0.4, 0.5) is 5.69 Å². The first kappa shape index (κ1) is 15.2. The molecule has 0 aliphatic rings. The average molecular weight is 325 g/mol. The number of aromatic nitrogens is 1. The number of hydrogen-bond donors (Lipinski definition) is 1. The van der Waals surface area contributed by atoms with Crippen molar-refractivity contribution in [2.75, 3.05) is 5.32 Å². The second kappa shape index (κ2) is 6.18. The molecular weight excluding hydrogens is 312 g/mol. The molecule has 3 aromatic rings. The van der Waals surface area contributed by atoms with Gasteiger partial charge in [-0.05, 0) is 49.4 Å². The highest BCUT2D eigenvalue weighted by Crippen LogP contribution is 2.24. The van der Waals surface area contributed by atoms with Crippen molar-refractivity contribution < 1.29 is 9.59 Å². The number of anilines is 1. The van der Waals surface area contributed by atoms with Crippen LogP contribution in [0.15, 0.2) is 54.7 Å². The molecule has 0 atom stereocenters. The quantitative estimate of drug-likeness (QED) is 0.729. The fourth-order valence-corrected chi connectivity index (χ4v) is 2.42. The molecule has 1 heterocycles. The number of Topliss-reactive ketones (excluding diaryl/α,β-unsaturated/α-hetero) is 1. The molecule has 0 spiro atoms. The fourth-order valence-electron chi connectivity index (χ4n) is 2.25. The Morgan fingerprint density at radius 3 is 2.61 bits per heavy atom. The zero-order valence-electron chi connectivity index (χ0n) is 12.3. The first-order valence-electron chi connectivity index (χ1n) is 7.01. The fraction of sp³-hybridized carbons (Fsp3) is 0.0556. The second-order valence-corrected chi connectivity index (χ2v) is 5.52. The normalized spacial score (nSPS) is 10.5. The van der Waals surface area contributed by atoms with Crippen molar-refractivity contribution in [3.8, 4) is 0 Å². The largest absolute Gasteiger partial charge is 0.321 e. The predicted molar refractivity (Wildman–Crippen MR) is 91.2 cm³/mol. The van der Waals surface area contributed by atoms with E-state index in [0.717, 1.165) is 10.9 Å². The van der Waals surface area contributed by atoms with Crippen LogP contribution < -0.4 is 5.32 Å². The van der Waals surface area contributed by atoms with Crippen molar-refractivity contribution in [3.63, 3.8) is 0 Å². The van der Waals surface area contributed by atoms with E-state index < -0.39 is 0 Å². The molecule has 0 saturated heterocycles. The Morgan fingerprint density at radius 1 is 1.04 bits per heavy atom. The number of halogens is 1. The summed E-state index contributed by atoms with van der Waals surface area (Å²) in [4.78, 5) is 28.1. The van der Waals surface area contributed by atoms with Crippen LogP contribution in [-0.2, 0) is 0 Å². The molecular formula is C18H13ClN2O2. The number of benzene rings is 2. The molecule has 5 heteroatoms. The van der Waals surface area contributed by atoms with Gasteiger partial charge >= 0.3 is 0 Å². The molecule has 0 fully saturated rings. The molecule has 23 heavy (non-hydrogen) atoms. The van der Waals surface area contributed by atoms with Crippen molar-refractivity contribution in [1.29, 1.82) is 0 Å². The molecule has 1 N–H and O–H groups in total. The van der Waals surface area contributed by atoms with Gasteiger partial charge in [-0.15, -0.1) is 0 Å². The number of fused-ring (bicyclic) bond motifs is 1. The van der Waals surface area contributed by atoms with Gasteiger partial charge in [-0.2, -0.15) is 0 Å². The Balaban J connectivity index is 1.91. The Hall–Kier alpha value is -2.72. The van der Waals surface area contributed by atoms with Gasteiger partial charge in [0.15, 0.2) is 5.78 Å². The van der Waals surface area contributed by atoms with Gasteiger partial charge in [-0.25, -0.2) is 0 Å². The van der Waals surface area contributed by atoms with Crippen LogP contribution in [0.2, 0.25) is 5.02 Å². The summed E-state index contributed by atoms with van der Waals surface area (Å²) >= 11 is 6.09. The van der Waals surface area contributed by atoms with E-state index in [4.69, 9.17) is 11.6 Å². The van der Waals surface area contributed by atoms with E-state index in [1.54, 1.807) is 42.6 Å². The molecule has 1 aromatic heterocycles. The smallest absolute Gasteiger partial charge is 0.255 e. The summed E-state index contributed by atoms with van der Waals surface area (Å²) in [7, 11) is 0. The molecule has 2 aromatic carbocycles. The average Bonchev–Trinajstić information content (AvgIpc) is 2.56. The van der Waals surface area contributed by atoms with E-state index in [9.17, 15) is 9.59 Å². The topological polar surface area (TPSA) is 59.1 Å². The first-order valence-corrected chi connectivity index (χ1v) is 7.39. The van der Waals surface area contributed by atoms with Gasteiger partial charge in [-0.3, -0.25) is 14.6 Å². The maximum absolute atomic E-state index is 12.4. The summed E-state index contributed by atoms with van der Waals surface area (Å²) < 4.78 is 0. The van der Waals surface area contributed by atoms with Crippen LogP contribution in [-0.4, -0.2) is 16.7 Å². The van der Waals surface area contributed by atoms with Crippen LogP contribution in [0.5, 0.6) is 0 Å². The van der Waals surface area contributed by atoms with Crippen LogP contribution in [0.1, 0.15) is 27.6 Å². The highest BCUT2D eigenvalue weighted by atomic mass is 35.5. The van der Waals surface area contributed by atoms with E-state index in [-0.39, 0.29) is 11.7 Å². The van der Waals surface area contributed by atoms with Crippen molar-refractivity contribution in [2.45, 2.75) is 6.92 Å². The summed E-state index contributed by atoms with van der Waals surface area (Å²) in [6, 6.07) is 13.8. The Labute approximate surface area is 138 Å². The lowest BCUT2D eigenvalue weighted by Crippen LogP contribution is -2.12. The maximum Gasteiger partial charge on any atom is 0.255 e. The number of amides is 1. The summed E-state index contributed by atoms with van der Waals surface area (Å²) in [5.41, 5.74) is 2.22. The van der Waals surface area contributed by atoms with Crippen LogP contribution >= 0.6 is 11.6 Å². The highest BCUT2D eigenvalue weighted by molar-refractivity contribution is 6.34. The minimum absolute atomic E-state index is 0.0889. The van der Waals surface area contributed by atoms with Crippen molar-refractivity contribution in [1.82, 2.24) is 4.98 Å². The lowest BCUT2D eigenvalue weighted by atomic mass is 10.1. The minimum atomic E-state index is -0.293. The van der Waals surface area contributed by atoms with E-state index >= 15 is 0 Å². The highest BCUT2D eigenvalue weighted by Gasteiger charge is 2.11.